The molecule has 0 bridgehead atoms. The largest absolute Gasteiger partial charge is 0.497 e. The number of nitrogens with zero attached hydrogens (tertiary/aromatic N) is 4. The Morgan fingerprint density at radius 1 is 1.06 bits per heavy atom. The van der Waals surface area contributed by atoms with Crippen LogP contribution >= 0.6 is 11.8 Å². The highest BCUT2D eigenvalue weighted by atomic mass is 32.2. The molecule has 0 spiro atoms. The number of amides is 1. The van der Waals surface area contributed by atoms with Gasteiger partial charge in [0.15, 0.2) is 11.0 Å². The molecule has 4 rings (SSSR count). The zero-order valence-corrected chi connectivity index (χ0v) is 18.9. The maximum absolute atomic E-state index is 12.9. The fraction of sp³-hybridized carbons (Fsp3) is 0.120. The molecule has 1 amide bonds. The van der Waals surface area contributed by atoms with E-state index in [2.05, 4.69) is 21.6 Å². The van der Waals surface area contributed by atoms with Gasteiger partial charge in [-0.05, 0) is 43.3 Å². The van der Waals surface area contributed by atoms with Crippen LogP contribution in [0.2, 0.25) is 0 Å². The van der Waals surface area contributed by atoms with Crippen LogP contribution < -0.4 is 10.1 Å². The first-order valence-corrected chi connectivity index (χ1v) is 11.1. The predicted molar refractivity (Wildman–Crippen MR) is 128 cm³/mol. The van der Waals surface area contributed by atoms with Crippen LogP contribution in [0.4, 0.5) is 5.69 Å². The fourth-order valence-corrected chi connectivity index (χ4v) is 4.11. The molecule has 0 fully saturated rings. The molecule has 8 heteroatoms. The molecular formula is C25H21N5O2S. The molecule has 3 aromatic carbocycles. The summed E-state index contributed by atoms with van der Waals surface area (Å²) in [5.74, 6) is 1.13. The molecular weight excluding hydrogens is 434 g/mol. The highest BCUT2D eigenvalue weighted by Crippen LogP contribution is 2.31. The van der Waals surface area contributed by atoms with Crippen molar-refractivity contribution in [2.24, 2.45) is 0 Å². The van der Waals surface area contributed by atoms with E-state index >= 15 is 0 Å². The molecule has 1 N–H and O–H groups in total. The van der Waals surface area contributed by atoms with Crippen molar-refractivity contribution in [1.82, 2.24) is 14.8 Å². The Labute approximate surface area is 196 Å². The number of hydrogen-bond acceptors (Lipinski definition) is 6. The van der Waals surface area contributed by atoms with Crippen molar-refractivity contribution >= 4 is 23.4 Å². The molecule has 33 heavy (non-hydrogen) atoms. The van der Waals surface area contributed by atoms with Gasteiger partial charge in [0.2, 0.25) is 5.91 Å². The molecule has 0 aliphatic rings. The van der Waals surface area contributed by atoms with Crippen molar-refractivity contribution in [3.05, 3.63) is 84.4 Å². The van der Waals surface area contributed by atoms with Crippen LogP contribution in [0, 0.1) is 11.3 Å². The molecule has 1 atom stereocenters. The molecule has 1 unspecified atom stereocenters. The second kappa shape index (κ2) is 10.0. The van der Waals surface area contributed by atoms with E-state index < -0.39 is 5.25 Å². The third-order valence-corrected chi connectivity index (χ3v) is 5.98. The maximum atomic E-state index is 12.9. The number of para-hydroxylation sites is 2. The molecule has 0 saturated carbocycles. The Bertz CT molecular complexity index is 1310. The molecule has 7 nitrogen and oxygen atoms in total. The zero-order valence-electron chi connectivity index (χ0n) is 18.1. The highest BCUT2D eigenvalue weighted by molar-refractivity contribution is 8.00. The van der Waals surface area contributed by atoms with Crippen molar-refractivity contribution in [3.63, 3.8) is 0 Å². The number of aromatic nitrogens is 3. The first-order valence-electron chi connectivity index (χ1n) is 10.2. The van der Waals surface area contributed by atoms with Crippen LogP contribution in [0.5, 0.6) is 5.75 Å². The Morgan fingerprint density at radius 3 is 2.58 bits per heavy atom. The summed E-state index contributed by atoms with van der Waals surface area (Å²) < 4.78 is 7.28. The summed E-state index contributed by atoms with van der Waals surface area (Å²) in [6, 6.07) is 26.3. The topological polar surface area (TPSA) is 92.8 Å². The normalized spacial score (nSPS) is 11.4. The lowest BCUT2D eigenvalue weighted by atomic mass is 10.2. The zero-order chi connectivity index (χ0) is 23.2. The number of carbonyl (C=O) groups excluding carboxylic acids is 1. The second-order valence-electron chi connectivity index (χ2n) is 7.12. The van der Waals surface area contributed by atoms with Gasteiger partial charge in [-0.3, -0.25) is 9.36 Å². The highest BCUT2D eigenvalue weighted by Gasteiger charge is 2.22. The van der Waals surface area contributed by atoms with Crippen LogP contribution in [0.15, 0.2) is 84.0 Å². The average Bonchev–Trinajstić information content (AvgIpc) is 3.28. The smallest absolute Gasteiger partial charge is 0.237 e. The third kappa shape index (κ3) is 4.89. The molecule has 4 aromatic rings. The number of rotatable bonds is 7. The Balaban J connectivity index is 1.65. The number of hydrogen-bond donors (Lipinski definition) is 1. The van der Waals surface area contributed by atoms with Gasteiger partial charge in [-0.2, -0.15) is 5.26 Å². The minimum absolute atomic E-state index is 0.228. The van der Waals surface area contributed by atoms with Gasteiger partial charge in [-0.25, -0.2) is 0 Å². The molecule has 0 radical (unpaired) electrons. The number of nitrogens with one attached hydrogen (secondary N) is 1. The predicted octanol–water partition coefficient (Wildman–Crippen LogP) is 4.93. The number of ether oxygens (including phenoxy) is 1. The number of thioether (sulfide) groups is 1. The third-order valence-electron chi connectivity index (χ3n) is 4.93. The van der Waals surface area contributed by atoms with E-state index in [9.17, 15) is 10.1 Å². The lowest BCUT2D eigenvalue weighted by Crippen LogP contribution is -2.23. The number of benzene rings is 3. The van der Waals surface area contributed by atoms with Gasteiger partial charge in [0.25, 0.3) is 0 Å². The van der Waals surface area contributed by atoms with Gasteiger partial charge in [0.1, 0.15) is 11.8 Å². The Kier molecular flexibility index (Phi) is 6.72. The first kappa shape index (κ1) is 22.1. The number of methoxy groups -OCH3 is 1. The minimum Gasteiger partial charge on any atom is -0.497 e. The first-order chi connectivity index (χ1) is 16.1. The molecule has 0 aliphatic carbocycles. The molecule has 1 heterocycles. The van der Waals surface area contributed by atoms with Crippen molar-refractivity contribution in [2.75, 3.05) is 12.4 Å². The summed E-state index contributed by atoms with van der Waals surface area (Å²) >= 11 is 1.29. The van der Waals surface area contributed by atoms with Gasteiger partial charge < -0.3 is 10.1 Å². The molecule has 164 valence electrons. The SMILES string of the molecule is COc1cccc(-c2nnc(SC(C)C(=O)Nc3ccccc3C#N)n2-c2ccccc2)c1. The molecule has 0 aliphatic heterocycles. The summed E-state index contributed by atoms with van der Waals surface area (Å²) in [5.41, 5.74) is 2.62. The van der Waals surface area contributed by atoms with Crippen molar-refractivity contribution in [3.8, 4) is 28.9 Å². The van der Waals surface area contributed by atoms with E-state index in [4.69, 9.17) is 4.74 Å². The van der Waals surface area contributed by atoms with Crippen molar-refractivity contribution < 1.29 is 9.53 Å². The van der Waals surface area contributed by atoms with E-state index in [-0.39, 0.29) is 5.91 Å². The number of nitriles is 1. The van der Waals surface area contributed by atoms with Crippen LogP contribution in [-0.2, 0) is 4.79 Å². The Hall–Kier alpha value is -4.09. The van der Waals surface area contributed by atoms with Crippen LogP contribution in [0.25, 0.3) is 17.1 Å². The number of carbonyl (C=O) groups is 1. The monoisotopic (exact) mass is 455 g/mol. The summed E-state index contributed by atoms with van der Waals surface area (Å²) in [6.45, 7) is 1.80. The van der Waals surface area contributed by atoms with Crippen molar-refractivity contribution in [1.29, 1.82) is 5.26 Å². The average molecular weight is 456 g/mol. The molecule has 1 aromatic heterocycles. The van der Waals surface area contributed by atoms with E-state index in [0.29, 0.717) is 28.0 Å². The quantitative estimate of drug-likeness (QED) is 0.397. The van der Waals surface area contributed by atoms with Gasteiger partial charge in [-0.1, -0.05) is 54.2 Å². The summed E-state index contributed by atoms with van der Waals surface area (Å²) in [4.78, 5) is 12.9. The van der Waals surface area contributed by atoms with Gasteiger partial charge in [-0.15, -0.1) is 10.2 Å². The van der Waals surface area contributed by atoms with E-state index in [1.54, 1.807) is 38.3 Å². The lowest BCUT2D eigenvalue weighted by Gasteiger charge is -2.14. The van der Waals surface area contributed by atoms with E-state index in [1.165, 1.54) is 11.8 Å². The lowest BCUT2D eigenvalue weighted by molar-refractivity contribution is -0.115. The van der Waals surface area contributed by atoms with Gasteiger partial charge in [0.05, 0.1) is 23.6 Å². The van der Waals surface area contributed by atoms with Crippen LogP contribution in [0.1, 0.15) is 12.5 Å². The van der Waals surface area contributed by atoms with E-state index in [1.807, 2.05) is 59.2 Å². The molecule has 0 saturated heterocycles. The standard InChI is InChI=1S/C25H21N5O2S/c1-17(24(31)27-22-14-7-6-9-19(22)16-26)33-25-29-28-23(18-10-8-13-21(15-18)32-2)30(25)20-11-4-3-5-12-20/h3-15,17H,1-2H3,(H,27,31). The fourth-order valence-electron chi connectivity index (χ4n) is 3.24. The Morgan fingerprint density at radius 2 is 1.82 bits per heavy atom. The summed E-state index contributed by atoms with van der Waals surface area (Å²) in [7, 11) is 1.62. The van der Waals surface area contributed by atoms with E-state index in [0.717, 1.165) is 11.3 Å². The van der Waals surface area contributed by atoms with Gasteiger partial charge in [0, 0.05) is 11.3 Å². The summed E-state index contributed by atoms with van der Waals surface area (Å²) in [6.07, 6.45) is 0. The summed E-state index contributed by atoms with van der Waals surface area (Å²) in [5, 5.41) is 21.0. The minimum atomic E-state index is -0.485. The second-order valence-corrected chi connectivity index (χ2v) is 8.42. The van der Waals surface area contributed by atoms with Crippen molar-refractivity contribution in [2.45, 2.75) is 17.3 Å². The van der Waals surface area contributed by atoms with Crippen LogP contribution in [0.3, 0.4) is 0 Å². The van der Waals surface area contributed by atoms with Gasteiger partial charge >= 0.3 is 0 Å². The van der Waals surface area contributed by atoms with Crippen LogP contribution in [-0.4, -0.2) is 33.0 Å². The number of anilines is 1. The maximum Gasteiger partial charge on any atom is 0.237 e.